The monoisotopic (exact) mass is 332 g/mol. The van der Waals surface area contributed by atoms with Crippen molar-refractivity contribution in [1.82, 2.24) is 9.47 Å². The van der Waals surface area contributed by atoms with Crippen LogP contribution in [0.3, 0.4) is 0 Å². The molecule has 1 N–H and O–H groups in total. The third-order valence-corrected chi connectivity index (χ3v) is 4.19. The van der Waals surface area contributed by atoms with E-state index in [1.807, 2.05) is 6.92 Å². The lowest BCUT2D eigenvalue weighted by Gasteiger charge is -2.37. The van der Waals surface area contributed by atoms with E-state index < -0.39 is 29.8 Å². The second-order valence-corrected chi connectivity index (χ2v) is 5.87. The molecule has 0 aromatic carbocycles. The Morgan fingerprint density at radius 3 is 2.70 bits per heavy atom. The Labute approximate surface area is 131 Å². The summed E-state index contributed by atoms with van der Waals surface area (Å²) in [5.74, 6) is -0.453. The number of aromatic nitrogens is 1. The van der Waals surface area contributed by atoms with Crippen LogP contribution in [0.25, 0.3) is 0 Å². The first-order valence-corrected chi connectivity index (χ1v) is 7.41. The molecule has 23 heavy (non-hydrogen) atoms. The van der Waals surface area contributed by atoms with Gasteiger partial charge in [-0.1, -0.05) is 0 Å². The molecule has 0 radical (unpaired) electrons. The first kappa shape index (κ1) is 17.5. The molecule has 1 aromatic heterocycles. The lowest BCUT2D eigenvalue weighted by atomic mass is 9.94. The smallest absolute Gasteiger partial charge is 0.396 e. The van der Waals surface area contributed by atoms with Crippen molar-refractivity contribution < 1.29 is 23.1 Å². The molecule has 0 bridgehead atoms. The molecular weight excluding hydrogens is 313 g/mol. The summed E-state index contributed by atoms with van der Waals surface area (Å²) < 4.78 is 39.0. The van der Waals surface area contributed by atoms with E-state index in [1.54, 1.807) is 0 Å². The van der Waals surface area contributed by atoms with Gasteiger partial charge in [-0.05, 0) is 37.8 Å². The van der Waals surface area contributed by atoms with E-state index in [9.17, 15) is 27.9 Å². The molecule has 1 aromatic rings. The van der Waals surface area contributed by atoms with E-state index in [1.165, 1.54) is 11.1 Å². The van der Waals surface area contributed by atoms with Crippen molar-refractivity contribution in [3.63, 3.8) is 0 Å². The molecular formula is C15H19F3N2O3. The summed E-state index contributed by atoms with van der Waals surface area (Å²) in [6, 6.07) is 1.74. The number of nitrogens with zero attached hydrogens (tertiary/aromatic N) is 2. The van der Waals surface area contributed by atoms with Crippen molar-refractivity contribution in [2.24, 2.45) is 5.92 Å². The Morgan fingerprint density at radius 1 is 1.39 bits per heavy atom. The van der Waals surface area contributed by atoms with E-state index in [2.05, 4.69) is 0 Å². The number of piperidine rings is 1. The molecule has 5 nitrogen and oxygen atoms in total. The van der Waals surface area contributed by atoms with Crippen LogP contribution >= 0.6 is 0 Å². The average Bonchev–Trinajstić information content (AvgIpc) is 2.48. The SMILES string of the molecule is CC1CCC(CO)CN1C(=O)Cn1cccc(C(F)(F)F)c1=O. The molecule has 128 valence electrons. The minimum absolute atomic E-state index is 0.0339. The van der Waals surface area contributed by atoms with Gasteiger partial charge in [-0.25, -0.2) is 0 Å². The molecule has 1 aliphatic heterocycles. The highest BCUT2D eigenvalue weighted by Gasteiger charge is 2.35. The number of halogens is 3. The van der Waals surface area contributed by atoms with Crippen LogP contribution in [-0.4, -0.2) is 39.7 Å². The highest BCUT2D eigenvalue weighted by atomic mass is 19.4. The zero-order valence-electron chi connectivity index (χ0n) is 12.7. The summed E-state index contributed by atoms with van der Waals surface area (Å²) in [5.41, 5.74) is -2.51. The van der Waals surface area contributed by atoms with Gasteiger partial charge in [0.25, 0.3) is 5.56 Å². The number of amides is 1. The summed E-state index contributed by atoms with van der Waals surface area (Å²) in [5, 5.41) is 9.22. The van der Waals surface area contributed by atoms with Crippen molar-refractivity contribution in [2.75, 3.05) is 13.2 Å². The minimum atomic E-state index is -4.75. The van der Waals surface area contributed by atoms with Crippen molar-refractivity contribution >= 4 is 5.91 Å². The number of carbonyl (C=O) groups excluding carboxylic acids is 1. The standard InChI is InChI=1S/C15H19F3N2O3/c1-10-4-5-11(9-21)7-20(10)13(22)8-19-6-2-3-12(14(19)23)15(16,17)18/h2-3,6,10-11,21H,4-5,7-9H2,1H3. The third-order valence-electron chi connectivity index (χ3n) is 4.19. The maximum atomic E-state index is 12.7. The molecule has 2 unspecified atom stereocenters. The number of pyridine rings is 1. The van der Waals surface area contributed by atoms with Crippen LogP contribution in [0.5, 0.6) is 0 Å². The molecule has 0 spiro atoms. The number of rotatable bonds is 3. The summed E-state index contributed by atoms with van der Waals surface area (Å²) in [6.45, 7) is 1.72. The number of alkyl halides is 3. The van der Waals surface area contributed by atoms with Gasteiger partial charge < -0.3 is 14.6 Å². The number of aliphatic hydroxyl groups excluding tert-OH is 1. The predicted octanol–water partition coefficient (Wildman–Crippen LogP) is 1.49. The van der Waals surface area contributed by atoms with E-state index in [0.717, 1.165) is 17.1 Å². The van der Waals surface area contributed by atoms with Crippen molar-refractivity contribution in [3.8, 4) is 0 Å². The summed E-state index contributed by atoms with van der Waals surface area (Å²) in [6.07, 6.45) is -2.06. The van der Waals surface area contributed by atoms with Crippen molar-refractivity contribution in [2.45, 2.75) is 38.5 Å². The van der Waals surface area contributed by atoms with Crippen LogP contribution in [0.1, 0.15) is 25.3 Å². The highest BCUT2D eigenvalue weighted by molar-refractivity contribution is 5.76. The maximum absolute atomic E-state index is 12.7. The average molecular weight is 332 g/mol. The van der Waals surface area contributed by atoms with Crippen LogP contribution in [0.4, 0.5) is 13.2 Å². The molecule has 1 aliphatic rings. The highest BCUT2D eigenvalue weighted by Crippen LogP contribution is 2.26. The topological polar surface area (TPSA) is 62.5 Å². The van der Waals surface area contributed by atoms with Crippen LogP contribution in [0.2, 0.25) is 0 Å². The summed E-state index contributed by atoms with van der Waals surface area (Å²) >= 11 is 0. The first-order valence-electron chi connectivity index (χ1n) is 7.41. The number of likely N-dealkylation sites (tertiary alicyclic amines) is 1. The summed E-state index contributed by atoms with van der Waals surface area (Å²) in [7, 11) is 0. The van der Waals surface area contributed by atoms with E-state index >= 15 is 0 Å². The Balaban J connectivity index is 2.19. The first-order chi connectivity index (χ1) is 10.7. The second kappa shape index (κ2) is 6.74. The van der Waals surface area contributed by atoms with Crippen molar-refractivity contribution in [3.05, 3.63) is 34.2 Å². The zero-order valence-corrected chi connectivity index (χ0v) is 12.7. The van der Waals surface area contributed by atoms with E-state index in [-0.39, 0.29) is 18.6 Å². The predicted molar refractivity (Wildman–Crippen MR) is 76.7 cm³/mol. The molecule has 0 aliphatic carbocycles. The minimum Gasteiger partial charge on any atom is -0.396 e. The zero-order chi connectivity index (χ0) is 17.2. The molecule has 0 saturated carbocycles. The second-order valence-electron chi connectivity index (χ2n) is 5.87. The van der Waals surface area contributed by atoms with Crippen molar-refractivity contribution in [1.29, 1.82) is 0 Å². The van der Waals surface area contributed by atoms with Gasteiger partial charge in [0.05, 0.1) is 0 Å². The normalized spacial score (nSPS) is 22.2. The Kier molecular flexibility index (Phi) is 5.13. The molecule has 1 fully saturated rings. The van der Waals surface area contributed by atoms with Gasteiger partial charge in [0.15, 0.2) is 0 Å². The van der Waals surface area contributed by atoms with E-state index in [0.29, 0.717) is 19.0 Å². The van der Waals surface area contributed by atoms with Gasteiger partial charge in [-0.2, -0.15) is 13.2 Å². The quantitative estimate of drug-likeness (QED) is 0.912. The van der Waals surface area contributed by atoms with Gasteiger partial charge in [0.2, 0.25) is 5.91 Å². The van der Waals surface area contributed by atoms with Crippen LogP contribution < -0.4 is 5.56 Å². The van der Waals surface area contributed by atoms with E-state index in [4.69, 9.17) is 0 Å². The lowest BCUT2D eigenvalue weighted by molar-refractivity contribution is -0.140. The van der Waals surface area contributed by atoms with Gasteiger partial charge in [-0.3, -0.25) is 9.59 Å². The number of aliphatic hydroxyl groups is 1. The number of hydrogen-bond acceptors (Lipinski definition) is 3. The van der Waals surface area contributed by atoms with Crippen LogP contribution in [0, 0.1) is 5.92 Å². The van der Waals surface area contributed by atoms with Gasteiger partial charge in [0.1, 0.15) is 12.1 Å². The Morgan fingerprint density at radius 2 is 2.09 bits per heavy atom. The van der Waals surface area contributed by atoms with Crippen LogP contribution in [0.15, 0.2) is 23.1 Å². The number of hydrogen-bond donors (Lipinski definition) is 1. The Bertz CT molecular complexity index is 627. The maximum Gasteiger partial charge on any atom is 0.421 e. The van der Waals surface area contributed by atoms with Gasteiger partial charge in [-0.15, -0.1) is 0 Å². The van der Waals surface area contributed by atoms with Crippen LogP contribution in [-0.2, 0) is 17.5 Å². The molecule has 8 heteroatoms. The molecule has 2 heterocycles. The van der Waals surface area contributed by atoms with Gasteiger partial charge >= 0.3 is 6.18 Å². The number of carbonyl (C=O) groups is 1. The fourth-order valence-electron chi connectivity index (χ4n) is 2.79. The van der Waals surface area contributed by atoms with Gasteiger partial charge in [0, 0.05) is 25.4 Å². The molecule has 1 amide bonds. The molecule has 2 atom stereocenters. The third kappa shape index (κ3) is 3.93. The molecule has 2 rings (SSSR count). The fraction of sp³-hybridized carbons (Fsp3) is 0.600. The lowest BCUT2D eigenvalue weighted by Crippen LogP contribution is -2.48. The summed E-state index contributed by atoms with van der Waals surface area (Å²) in [4.78, 5) is 25.7. The largest absolute Gasteiger partial charge is 0.421 e. The fourth-order valence-corrected chi connectivity index (χ4v) is 2.79. The molecule has 1 saturated heterocycles. The Hall–Kier alpha value is -1.83.